The van der Waals surface area contributed by atoms with Crippen molar-refractivity contribution in [1.82, 2.24) is 14.2 Å². The van der Waals surface area contributed by atoms with Gasteiger partial charge in [0.15, 0.2) is 0 Å². The third-order valence-corrected chi connectivity index (χ3v) is 9.08. The zero-order valence-electron chi connectivity index (χ0n) is 18.0. The molecule has 1 aliphatic rings. The quantitative estimate of drug-likeness (QED) is 0.542. The van der Waals surface area contributed by atoms with Gasteiger partial charge in [-0.3, -0.25) is 4.79 Å². The van der Waals surface area contributed by atoms with Gasteiger partial charge in [-0.05, 0) is 49.6 Å². The number of hydrogen-bond acceptors (Lipinski definition) is 5. The molecule has 31 heavy (non-hydrogen) atoms. The maximum atomic E-state index is 13.5. The highest BCUT2D eigenvalue weighted by Crippen LogP contribution is 2.37. The van der Waals surface area contributed by atoms with Gasteiger partial charge in [0.05, 0.1) is 21.2 Å². The molecule has 164 valence electrons. The highest BCUT2D eigenvalue weighted by molar-refractivity contribution is 7.89. The number of fused-ring (bicyclic) bond motifs is 1. The van der Waals surface area contributed by atoms with E-state index in [1.807, 2.05) is 49.9 Å². The topological polar surface area (TPSA) is 70.6 Å². The van der Waals surface area contributed by atoms with Gasteiger partial charge in [-0.1, -0.05) is 32.0 Å². The van der Waals surface area contributed by atoms with E-state index in [-0.39, 0.29) is 16.8 Å². The summed E-state index contributed by atoms with van der Waals surface area (Å²) in [7, 11) is -3.63. The molecule has 2 aromatic carbocycles. The molecule has 0 saturated carbocycles. The molecule has 4 rings (SSSR count). The van der Waals surface area contributed by atoms with Crippen LogP contribution in [0, 0.1) is 6.92 Å². The molecular weight excluding hydrogens is 430 g/mol. The van der Waals surface area contributed by atoms with Crippen molar-refractivity contribution in [3.05, 3.63) is 58.6 Å². The van der Waals surface area contributed by atoms with Crippen molar-refractivity contribution in [2.24, 2.45) is 0 Å². The Labute approximate surface area is 187 Å². The summed E-state index contributed by atoms with van der Waals surface area (Å²) in [6.45, 7) is 6.90. The Hall–Kier alpha value is -2.29. The molecule has 1 aromatic heterocycles. The first-order valence-corrected chi connectivity index (χ1v) is 12.9. The predicted molar refractivity (Wildman–Crippen MR) is 124 cm³/mol. The third-order valence-electron chi connectivity index (χ3n) is 5.89. The Morgan fingerprint density at radius 2 is 1.94 bits per heavy atom. The van der Waals surface area contributed by atoms with Gasteiger partial charge < -0.3 is 4.90 Å². The summed E-state index contributed by atoms with van der Waals surface area (Å²) in [6.07, 6.45) is 1.77. The third kappa shape index (κ3) is 4.00. The van der Waals surface area contributed by atoms with E-state index in [0.29, 0.717) is 25.2 Å². The number of amides is 1. The van der Waals surface area contributed by atoms with Crippen LogP contribution in [0.2, 0.25) is 0 Å². The minimum atomic E-state index is -3.63. The van der Waals surface area contributed by atoms with Crippen LogP contribution < -0.4 is 0 Å². The van der Waals surface area contributed by atoms with E-state index in [1.54, 1.807) is 29.5 Å². The Balaban J connectivity index is 1.68. The molecule has 3 aromatic rings. The van der Waals surface area contributed by atoms with E-state index in [0.717, 1.165) is 33.6 Å². The Morgan fingerprint density at radius 3 is 2.65 bits per heavy atom. The Bertz CT molecular complexity index is 1180. The first-order valence-electron chi connectivity index (χ1n) is 10.6. The van der Waals surface area contributed by atoms with Crippen molar-refractivity contribution in [2.45, 2.75) is 44.6 Å². The largest absolute Gasteiger partial charge is 0.329 e. The summed E-state index contributed by atoms with van der Waals surface area (Å²) in [4.78, 5) is 20.3. The predicted octanol–water partition coefficient (Wildman–Crippen LogP) is 4.61. The normalized spacial score (nSPS) is 17.0. The molecule has 0 bridgehead atoms. The molecular formula is C23H27N3O3S2. The first-order chi connectivity index (χ1) is 14.9. The number of benzene rings is 2. The van der Waals surface area contributed by atoms with Gasteiger partial charge in [-0.25, -0.2) is 13.4 Å². The van der Waals surface area contributed by atoms with Crippen LogP contribution >= 0.6 is 11.3 Å². The lowest BCUT2D eigenvalue weighted by Gasteiger charge is -2.25. The van der Waals surface area contributed by atoms with Crippen LogP contribution in [-0.4, -0.2) is 48.1 Å². The van der Waals surface area contributed by atoms with Gasteiger partial charge in [0.25, 0.3) is 5.91 Å². The van der Waals surface area contributed by atoms with E-state index >= 15 is 0 Å². The van der Waals surface area contributed by atoms with Crippen LogP contribution in [0.15, 0.2) is 47.4 Å². The molecule has 1 aliphatic heterocycles. The van der Waals surface area contributed by atoms with Crippen molar-refractivity contribution >= 4 is 37.5 Å². The van der Waals surface area contributed by atoms with Crippen molar-refractivity contribution in [3.63, 3.8) is 0 Å². The number of aromatic nitrogens is 1. The van der Waals surface area contributed by atoms with Crippen molar-refractivity contribution in [2.75, 3.05) is 19.6 Å². The highest BCUT2D eigenvalue weighted by atomic mass is 32.2. The first kappa shape index (κ1) is 21.9. The van der Waals surface area contributed by atoms with Gasteiger partial charge in [0.2, 0.25) is 10.0 Å². The maximum Gasteiger partial charge on any atom is 0.254 e. The van der Waals surface area contributed by atoms with Crippen molar-refractivity contribution < 1.29 is 13.2 Å². The number of carbonyl (C=O) groups is 1. The molecule has 0 radical (unpaired) electrons. The molecule has 1 fully saturated rings. The van der Waals surface area contributed by atoms with Crippen LogP contribution in [0.5, 0.6) is 0 Å². The minimum absolute atomic E-state index is 0.0765. The second-order valence-corrected chi connectivity index (χ2v) is 10.7. The van der Waals surface area contributed by atoms with Crippen molar-refractivity contribution in [1.29, 1.82) is 0 Å². The van der Waals surface area contributed by atoms with Crippen LogP contribution in [0.25, 0.3) is 10.2 Å². The lowest BCUT2D eigenvalue weighted by atomic mass is 10.1. The highest BCUT2D eigenvalue weighted by Gasteiger charge is 2.34. The molecule has 0 aliphatic carbocycles. The van der Waals surface area contributed by atoms with Gasteiger partial charge in [0, 0.05) is 25.2 Å². The molecule has 0 N–H and O–H groups in total. The molecule has 1 saturated heterocycles. The van der Waals surface area contributed by atoms with E-state index in [2.05, 4.69) is 0 Å². The number of carbonyl (C=O) groups excluding carboxylic acids is 1. The summed E-state index contributed by atoms with van der Waals surface area (Å²) in [5, 5.41) is 0.941. The van der Waals surface area contributed by atoms with Gasteiger partial charge in [-0.15, -0.1) is 11.3 Å². The van der Waals surface area contributed by atoms with E-state index in [9.17, 15) is 13.2 Å². The second kappa shape index (κ2) is 8.68. The standard InChI is InChI=1S/C23H27N3O3S2/c1-4-25(5-2)31(28,29)17-13-12-16(3)18(15-17)23(27)26-14-8-10-20(26)22-24-19-9-6-7-11-21(19)30-22/h6-7,9,11-13,15,20H,4-5,8,10,14H2,1-3H3. The van der Waals surface area contributed by atoms with Gasteiger partial charge >= 0.3 is 0 Å². The second-order valence-electron chi connectivity index (χ2n) is 7.74. The molecule has 1 atom stereocenters. The van der Waals surface area contributed by atoms with E-state index in [4.69, 9.17) is 4.98 Å². The average molecular weight is 458 g/mol. The SMILES string of the molecule is CCN(CC)S(=O)(=O)c1ccc(C)c(C(=O)N2CCCC2c2nc3ccccc3s2)c1. The van der Waals surface area contributed by atoms with Crippen LogP contribution in [-0.2, 0) is 10.0 Å². The van der Waals surface area contributed by atoms with Gasteiger partial charge in [0.1, 0.15) is 5.01 Å². The molecule has 1 unspecified atom stereocenters. The Kier molecular flexibility index (Phi) is 6.14. The molecule has 8 heteroatoms. The fourth-order valence-electron chi connectivity index (χ4n) is 4.16. The zero-order valence-corrected chi connectivity index (χ0v) is 19.7. The average Bonchev–Trinajstić information content (AvgIpc) is 3.41. The molecule has 1 amide bonds. The zero-order chi connectivity index (χ0) is 22.2. The lowest BCUT2D eigenvalue weighted by Crippen LogP contribution is -2.32. The molecule has 6 nitrogen and oxygen atoms in total. The number of likely N-dealkylation sites (tertiary alicyclic amines) is 1. The number of nitrogens with zero attached hydrogens (tertiary/aromatic N) is 3. The van der Waals surface area contributed by atoms with Crippen molar-refractivity contribution in [3.8, 4) is 0 Å². The van der Waals surface area contributed by atoms with Gasteiger partial charge in [-0.2, -0.15) is 4.31 Å². The molecule has 0 spiro atoms. The summed E-state index contributed by atoms with van der Waals surface area (Å²) in [5.74, 6) is -0.129. The van der Waals surface area contributed by atoms with E-state index in [1.165, 1.54) is 4.31 Å². The fraction of sp³-hybridized carbons (Fsp3) is 0.391. The van der Waals surface area contributed by atoms with Crippen LogP contribution in [0.3, 0.4) is 0 Å². The number of hydrogen-bond donors (Lipinski definition) is 0. The summed E-state index contributed by atoms with van der Waals surface area (Å²) in [6, 6.07) is 12.8. The fourth-order valence-corrected chi connectivity index (χ4v) is 6.76. The van der Waals surface area contributed by atoms with E-state index < -0.39 is 10.0 Å². The Morgan fingerprint density at radius 1 is 1.19 bits per heavy atom. The number of thiazole rings is 1. The monoisotopic (exact) mass is 457 g/mol. The summed E-state index contributed by atoms with van der Waals surface area (Å²) < 4.78 is 28.5. The maximum absolute atomic E-state index is 13.5. The smallest absolute Gasteiger partial charge is 0.254 e. The molecule has 2 heterocycles. The number of sulfonamides is 1. The number of rotatable bonds is 6. The lowest BCUT2D eigenvalue weighted by molar-refractivity contribution is 0.0734. The van der Waals surface area contributed by atoms with Crippen LogP contribution in [0.1, 0.15) is 53.7 Å². The minimum Gasteiger partial charge on any atom is -0.329 e. The number of para-hydroxylation sites is 1. The summed E-state index contributed by atoms with van der Waals surface area (Å²) in [5.41, 5.74) is 2.17. The van der Waals surface area contributed by atoms with Crippen LogP contribution in [0.4, 0.5) is 0 Å². The number of aryl methyl sites for hydroxylation is 1. The summed E-state index contributed by atoms with van der Waals surface area (Å²) >= 11 is 1.62.